The molecule has 0 aliphatic carbocycles. The van der Waals surface area contributed by atoms with Gasteiger partial charge in [0.25, 0.3) is 5.91 Å². The second kappa shape index (κ2) is 8.40. The summed E-state index contributed by atoms with van der Waals surface area (Å²) in [5, 5.41) is 9.72. The Morgan fingerprint density at radius 2 is 1.30 bits per heavy atom. The van der Waals surface area contributed by atoms with E-state index in [9.17, 15) is 14.7 Å². The second-order valence-corrected chi connectivity index (χ2v) is 4.74. The minimum atomic E-state index is -1.45. The summed E-state index contributed by atoms with van der Waals surface area (Å²) in [4.78, 5) is 23.4. The molecule has 0 saturated carbocycles. The summed E-state index contributed by atoms with van der Waals surface area (Å²) < 4.78 is 0. The van der Waals surface area contributed by atoms with E-state index in [0.29, 0.717) is 11.4 Å². The number of anilines is 2. The fourth-order valence-corrected chi connectivity index (χ4v) is 1.72. The maximum atomic E-state index is 11.7. The van der Waals surface area contributed by atoms with Gasteiger partial charge in [-0.15, -0.1) is 0 Å². The van der Waals surface area contributed by atoms with E-state index >= 15 is 0 Å². The Bertz CT molecular complexity index is 634. The van der Waals surface area contributed by atoms with Gasteiger partial charge in [-0.2, -0.15) is 0 Å². The lowest BCUT2D eigenvalue weighted by molar-refractivity contribution is -0.134. The van der Waals surface area contributed by atoms with Crippen molar-refractivity contribution in [2.24, 2.45) is 0 Å². The number of carbonyl (C=O) groups excluding carboxylic acids is 2. The zero-order chi connectivity index (χ0) is 16.5. The summed E-state index contributed by atoms with van der Waals surface area (Å²) in [6.45, 7) is 0. The first kappa shape index (κ1) is 16.3. The Morgan fingerprint density at radius 1 is 0.826 bits per heavy atom. The third-order valence-electron chi connectivity index (χ3n) is 2.91. The standard InChI is InChI=1S/C16H18N4O3/c21-14(16(23)20-18-13-9-5-2-6-10-13)11-15(22)19-17-12-7-3-1-4-8-12/h1-10,14,17-18,21H,11H2,(H,19,22)(H,20,23)/t14-/m0/s1. The number of rotatable bonds is 7. The predicted molar refractivity (Wildman–Crippen MR) is 87.0 cm³/mol. The molecular formula is C16H18N4O3. The van der Waals surface area contributed by atoms with Crippen LogP contribution in [0, 0.1) is 0 Å². The van der Waals surface area contributed by atoms with E-state index in [1.807, 2.05) is 24.3 Å². The lowest BCUT2D eigenvalue weighted by Crippen LogP contribution is -2.41. The van der Waals surface area contributed by atoms with E-state index in [2.05, 4.69) is 21.7 Å². The highest BCUT2D eigenvalue weighted by molar-refractivity contribution is 5.88. The van der Waals surface area contributed by atoms with Gasteiger partial charge in [-0.3, -0.25) is 31.3 Å². The van der Waals surface area contributed by atoms with Gasteiger partial charge >= 0.3 is 0 Å². The molecule has 2 rings (SSSR count). The van der Waals surface area contributed by atoms with Crippen LogP contribution < -0.4 is 21.7 Å². The summed E-state index contributed by atoms with van der Waals surface area (Å²) in [7, 11) is 0. The molecule has 1 atom stereocenters. The van der Waals surface area contributed by atoms with Gasteiger partial charge in [-0.1, -0.05) is 36.4 Å². The molecule has 0 saturated heterocycles. The molecule has 0 aliphatic rings. The molecule has 5 N–H and O–H groups in total. The number of amides is 2. The van der Waals surface area contributed by atoms with Gasteiger partial charge in [0, 0.05) is 0 Å². The zero-order valence-corrected chi connectivity index (χ0v) is 12.3. The van der Waals surface area contributed by atoms with Crippen molar-refractivity contribution in [3.63, 3.8) is 0 Å². The first-order valence-corrected chi connectivity index (χ1v) is 7.04. The van der Waals surface area contributed by atoms with Crippen LogP contribution in [0.25, 0.3) is 0 Å². The number of hydrogen-bond acceptors (Lipinski definition) is 5. The van der Waals surface area contributed by atoms with E-state index in [0.717, 1.165) is 0 Å². The average Bonchev–Trinajstić information content (AvgIpc) is 2.59. The lowest BCUT2D eigenvalue weighted by Gasteiger charge is -2.13. The molecule has 2 aromatic carbocycles. The van der Waals surface area contributed by atoms with E-state index in [-0.39, 0.29) is 6.42 Å². The van der Waals surface area contributed by atoms with Gasteiger partial charge in [0.15, 0.2) is 0 Å². The highest BCUT2D eigenvalue weighted by Gasteiger charge is 2.18. The molecule has 0 unspecified atom stereocenters. The van der Waals surface area contributed by atoms with Crippen molar-refractivity contribution in [2.75, 3.05) is 10.9 Å². The Labute approximate surface area is 133 Å². The number of aliphatic hydroxyl groups excluding tert-OH is 1. The number of aliphatic hydroxyl groups is 1. The number of carbonyl (C=O) groups is 2. The SMILES string of the molecule is O=C(C[C@H](O)C(=O)NNc1ccccc1)NNc1ccccc1. The second-order valence-electron chi connectivity index (χ2n) is 4.74. The Hall–Kier alpha value is -3.06. The molecule has 0 aromatic heterocycles. The van der Waals surface area contributed by atoms with Crippen LogP contribution in [0.3, 0.4) is 0 Å². The summed E-state index contributed by atoms with van der Waals surface area (Å²) in [5.41, 5.74) is 11.5. The highest BCUT2D eigenvalue weighted by Crippen LogP contribution is 2.04. The predicted octanol–water partition coefficient (Wildman–Crippen LogP) is 1.02. The Kier molecular flexibility index (Phi) is 5.96. The fraction of sp³-hybridized carbons (Fsp3) is 0.125. The van der Waals surface area contributed by atoms with Gasteiger partial charge in [0.2, 0.25) is 5.91 Å². The molecule has 0 heterocycles. The molecule has 0 spiro atoms. The van der Waals surface area contributed by atoms with Crippen molar-refractivity contribution in [3.05, 3.63) is 60.7 Å². The van der Waals surface area contributed by atoms with Crippen molar-refractivity contribution in [1.82, 2.24) is 10.9 Å². The number of nitrogens with one attached hydrogen (secondary N) is 4. The number of hydrogen-bond donors (Lipinski definition) is 5. The van der Waals surface area contributed by atoms with Crippen LogP contribution in [-0.2, 0) is 9.59 Å². The van der Waals surface area contributed by atoms with Gasteiger partial charge < -0.3 is 5.11 Å². The number of hydrazine groups is 2. The third-order valence-corrected chi connectivity index (χ3v) is 2.91. The Balaban J connectivity index is 1.71. The largest absolute Gasteiger partial charge is 0.383 e. The van der Waals surface area contributed by atoms with Crippen LogP contribution in [0.2, 0.25) is 0 Å². The summed E-state index contributed by atoms with van der Waals surface area (Å²) in [6.07, 6.45) is -1.81. The topological polar surface area (TPSA) is 102 Å². The minimum absolute atomic E-state index is 0.359. The highest BCUT2D eigenvalue weighted by atomic mass is 16.3. The summed E-state index contributed by atoms with van der Waals surface area (Å²) in [6, 6.07) is 18.0. The monoisotopic (exact) mass is 314 g/mol. The molecule has 0 aliphatic heterocycles. The minimum Gasteiger partial charge on any atom is -0.383 e. The maximum absolute atomic E-state index is 11.7. The molecule has 0 radical (unpaired) electrons. The van der Waals surface area contributed by atoms with Gasteiger partial charge in [0.05, 0.1) is 17.8 Å². The molecule has 120 valence electrons. The molecule has 2 amide bonds. The van der Waals surface area contributed by atoms with E-state index in [4.69, 9.17) is 0 Å². The van der Waals surface area contributed by atoms with Crippen molar-refractivity contribution in [2.45, 2.75) is 12.5 Å². The zero-order valence-electron chi connectivity index (χ0n) is 12.3. The molecule has 23 heavy (non-hydrogen) atoms. The van der Waals surface area contributed by atoms with Crippen LogP contribution in [0.15, 0.2) is 60.7 Å². The lowest BCUT2D eigenvalue weighted by atomic mass is 10.2. The van der Waals surface area contributed by atoms with Crippen molar-refractivity contribution in [1.29, 1.82) is 0 Å². The molecular weight excluding hydrogens is 296 g/mol. The Morgan fingerprint density at radius 3 is 1.83 bits per heavy atom. The fourth-order valence-electron chi connectivity index (χ4n) is 1.72. The molecule has 7 heteroatoms. The van der Waals surface area contributed by atoms with Gasteiger partial charge in [-0.25, -0.2) is 0 Å². The molecule has 0 fully saturated rings. The third kappa shape index (κ3) is 5.68. The smallest absolute Gasteiger partial charge is 0.267 e. The first-order valence-electron chi connectivity index (χ1n) is 7.04. The van der Waals surface area contributed by atoms with Crippen molar-refractivity contribution < 1.29 is 14.7 Å². The van der Waals surface area contributed by atoms with Crippen LogP contribution in [-0.4, -0.2) is 23.0 Å². The normalized spacial score (nSPS) is 11.2. The van der Waals surface area contributed by atoms with Crippen LogP contribution in [0.4, 0.5) is 11.4 Å². The van der Waals surface area contributed by atoms with E-state index < -0.39 is 17.9 Å². The van der Waals surface area contributed by atoms with Gasteiger partial charge in [-0.05, 0) is 24.3 Å². The summed E-state index contributed by atoms with van der Waals surface area (Å²) >= 11 is 0. The van der Waals surface area contributed by atoms with Crippen LogP contribution in [0.5, 0.6) is 0 Å². The summed E-state index contributed by atoms with van der Waals surface area (Å²) in [5.74, 6) is -1.19. The number of benzene rings is 2. The van der Waals surface area contributed by atoms with Crippen molar-refractivity contribution >= 4 is 23.2 Å². The molecule has 7 nitrogen and oxygen atoms in total. The van der Waals surface area contributed by atoms with E-state index in [1.54, 1.807) is 36.4 Å². The number of para-hydroxylation sites is 2. The first-order chi connectivity index (χ1) is 11.1. The molecule has 2 aromatic rings. The molecule has 0 bridgehead atoms. The quantitative estimate of drug-likeness (QED) is 0.491. The van der Waals surface area contributed by atoms with Crippen molar-refractivity contribution in [3.8, 4) is 0 Å². The van der Waals surface area contributed by atoms with Crippen LogP contribution in [0.1, 0.15) is 6.42 Å². The van der Waals surface area contributed by atoms with E-state index in [1.165, 1.54) is 0 Å². The van der Waals surface area contributed by atoms with Gasteiger partial charge in [0.1, 0.15) is 6.10 Å². The maximum Gasteiger partial charge on any atom is 0.267 e. The average molecular weight is 314 g/mol. The van der Waals surface area contributed by atoms with Crippen LogP contribution >= 0.6 is 0 Å².